The molecule has 0 saturated heterocycles. The normalized spacial score (nSPS) is 11.9. The second-order valence-electron chi connectivity index (χ2n) is 9.19. The molecule has 0 heterocycles. The number of aryl methyl sites for hydroxylation is 1. The van der Waals surface area contributed by atoms with Gasteiger partial charge < -0.3 is 15.0 Å². The van der Waals surface area contributed by atoms with Crippen molar-refractivity contribution in [1.82, 2.24) is 10.2 Å². The first-order chi connectivity index (χ1) is 18.5. The standard InChI is InChI=1S/C29H34BrN3O5S/c1-5-31-29(35)26(18-22-9-7-6-8-10-22)32(19-23-12-14-24(30)15-13-23)28(34)20-33(39(4,36)37)25-17-21(2)11-16-27(25)38-3/h6-17,26H,5,18-20H2,1-4H3,(H,31,35)/t26-/m0/s1. The number of nitrogens with one attached hydrogen (secondary N) is 1. The Morgan fingerprint density at radius 1 is 1.00 bits per heavy atom. The monoisotopic (exact) mass is 615 g/mol. The van der Waals surface area contributed by atoms with Gasteiger partial charge in [-0.2, -0.15) is 0 Å². The maximum atomic E-state index is 14.1. The van der Waals surface area contributed by atoms with Crippen molar-refractivity contribution < 1.29 is 22.7 Å². The van der Waals surface area contributed by atoms with Crippen LogP contribution in [-0.2, 0) is 32.6 Å². The van der Waals surface area contributed by atoms with Gasteiger partial charge in [-0.3, -0.25) is 13.9 Å². The Morgan fingerprint density at radius 3 is 2.26 bits per heavy atom. The van der Waals surface area contributed by atoms with Crippen LogP contribution in [0.2, 0.25) is 0 Å². The van der Waals surface area contributed by atoms with Crippen molar-refractivity contribution >= 4 is 43.5 Å². The minimum atomic E-state index is -3.89. The number of anilines is 1. The third-order valence-corrected chi connectivity index (χ3v) is 7.83. The molecule has 39 heavy (non-hydrogen) atoms. The molecular weight excluding hydrogens is 582 g/mol. The molecule has 1 N–H and O–H groups in total. The molecule has 10 heteroatoms. The highest BCUT2D eigenvalue weighted by Crippen LogP contribution is 2.31. The molecular formula is C29H34BrN3O5S. The van der Waals surface area contributed by atoms with Crippen LogP contribution < -0.4 is 14.4 Å². The molecule has 3 aromatic rings. The van der Waals surface area contributed by atoms with E-state index in [1.165, 1.54) is 12.0 Å². The molecule has 3 aromatic carbocycles. The fraction of sp³-hybridized carbons (Fsp3) is 0.310. The van der Waals surface area contributed by atoms with Gasteiger partial charge in [0.15, 0.2) is 0 Å². The van der Waals surface area contributed by atoms with Crippen molar-refractivity contribution in [2.24, 2.45) is 0 Å². The topological polar surface area (TPSA) is 96.0 Å². The van der Waals surface area contributed by atoms with Crippen molar-refractivity contribution in [3.8, 4) is 5.75 Å². The van der Waals surface area contributed by atoms with E-state index in [4.69, 9.17) is 4.74 Å². The van der Waals surface area contributed by atoms with Gasteiger partial charge in [0.2, 0.25) is 21.8 Å². The van der Waals surface area contributed by atoms with Gasteiger partial charge in [0, 0.05) is 24.0 Å². The number of carbonyl (C=O) groups excluding carboxylic acids is 2. The lowest BCUT2D eigenvalue weighted by atomic mass is 10.0. The predicted octanol–water partition coefficient (Wildman–Crippen LogP) is 4.31. The van der Waals surface area contributed by atoms with E-state index in [0.717, 1.165) is 31.7 Å². The van der Waals surface area contributed by atoms with Crippen LogP contribution in [0, 0.1) is 6.92 Å². The van der Waals surface area contributed by atoms with Crippen LogP contribution in [-0.4, -0.2) is 57.6 Å². The van der Waals surface area contributed by atoms with Crippen molar-refractivity contribution in [2.45, 2.75) is 32.9 Å². The number of halogens is 1. The molecule has 0 aliphatic carbocycles. The molecule has 0 aromatic heterocycles. The molecule has 0 unspecified atom stereocenters. The van der Waals surface area contributed by atoms with E-state index in [2.05, 4.69) is 21.2 Å². The number of methoxy groups -OCH3 is 1. The van der Waals surface area contributed by atoms with Crippen LogP contribution in [0.1, 0.15) is 23.6 Å². The molecule has 1 atom stereocenters. The van der Waals surface area contributed by atoms with Crippen molar-refractivity contribution in [1.29, 1.82) is 0 Å². The van der Waals surface area contributed by atoms with Gasteiger partial charge in [-0.05, 0) is 54.8 Å². The summed E-state index contributed by atoms with van der Waals surface area (Å²) in [6.07, 6.45) is 1.31. The third-order valence-electron chi connectivity index (χ3n) is 6.17. The summed E-state index contributed by atoms with van der Waals surface area (Å²) in [5, 5.41) is 2.84. The third kappa shape index (κ3) is 8.31. The summed E-state index contributed by atoms with van der Waals surface area (Å²) in [6.45, 7) is 3.65. The lowest BCUT2D eigenvalue weighted by molar-refractivity contribution is -0.140. The van der Waals surface area contributed by atoms with Crippen molar-refractivity contribution in [2.75, 3.05) is 30.8 Å². The highest BCUT2D eigenvalue weighted by Gasteiger charge is 2.33. The molecule has 0 aliphatic heterocycles. The van der Waals surface area contributed by atoms with Crippen LogP contribution in [0.5, 0.6) is 5.75 Å². The Hall–Kier alpha value is -3.37. The van der Waals surface area contributed by atoms with E-state index in [1.807, 2.05) is 68.4 Å². The van der Waals surface area contributed by atoms with Crippen molar-refractivity contribution in [3.05, 3.63) is 94.0 Å². The van der Waals surface area contributed by atoms with Crippen molar-refractivity contribution in [3.63, 3.8) is 0 Å². The predicted molar refractivity (Wildman–Crippen MR) is 157 cm³/mol. The minimum Gasteiger partial charge on any atom is -0.495 e. The summed E-state index contributed by atoms with van der Waals surface area (Å²) in [6, 6.07) is 21.1. The number of sulfonamides is 1. The Morgan fingerprint density at radius 2 is 1.67 bits per heavy atom. The lowest BCUT2D eigenvalue weighted by Crippen LogP contribution is -2.53. The maximum absolute atomic E-state index is 14.1. The molecule has 0 bridgehead atoms. The average molecular weight is 617 g/mol. The van der Waals surface area contributed by atoms with E-state index in [1.54, 1.807) is 18.2 Å². The highest BCUT2D eigenvalue weighted by molar-refractivity contribution is 9.10. The van der Waals surface area contributed by atoms with E-state index in [-0.39, 0.29) is 24.6 Å². The Labute approximate surface area is 239 Å². The number of nitrogens with zero attached hydrogens (tertiary/aromatic N) is 2. The minimum absolute atomic E-state index is 0.114. The summed E-state index contributed by atoms with van der Waals surface area (Å²) < 4.78 is 33.3. The number of benzene rings is 3. The zero-order chi connectivity index (χ0) is 28.6. The van der Waals surface area contributed by atoms with Crippen LogP contribution in [0.25, 0.3) is 0 Å². The van der Waals surface area contributed by atoms with Crippen LogP contribution >= 0.6 is 15.9 Å². The number of rotatable bonds is 12. The zero-order valence-electron chi connectivity index (χ0n) is 22.6. The number of amides is 2. The molecule has 0 saturated carbocycles. The van der Waals surface area contributed by atoms with Gasteiger partial charge in [-0.25, -0.2) is 8.42 Å². The van der Waals surface area contributed by atoms with E-state index < -0.39 is 28.5 Å². The SMILES string of the molecule is CCNC(=O)[C@H](Cc1ccccc1)N(Cc1ccc(Br)cc1)C(=O)CN(c1cc(C)ccc1OC)S(C)(=O)=O. The highest BCUT2D eigenvalue weighted by atomic mass is 79.9. The lowest BCUT2D eigenvalue weighted by Gasteiger charge is -2.33. The van der Waals surface area contributed by atoms with Gasteiger partial charge in [-0.15, -0.1) is 0 Å². The van der Waals surface area contributed by atoms with Gasteiger partial charge >= 0.3 is 0 Å². The van der Waals surface area contributed by atoms with E-state index in [0.29, 0.717) is 12.3 Å². The van der Waals surface area contributed by atoms with E-state index in [9.17, 15) is 18.0 Å². The fourth-order valence-electron chi connectivity index (χ4n) is 4.22. The second-order valence-corrected chi connectivity index (χ2v) is 12.0. The molecule has 0 fully saturated rings. The summed E-state index contributed by atoms with van der Waals surface area (Å²) in [4.78, 5) is 28.9. The Balaban J connectivity index is 2.07. The molecule has 2 amide bonds. The summed E-state index contributed by atoms with van der Waals surface area (Å²) in [5.74, 6) is -0.507. The van der Waals surface area contributed by atoms with Gasteiger partial charge in [0.05, 0.1) is 19.1 Å². The molecule has 0 aliphatic rings. The smallest absolute Gasteiger partial charge is 0.244 e. The molecule has 3 rings (SSSR count). The van der Waals surface area contributed by atoms with Gasteiger partial charge in [-0.1, -0.05) is 64.5 Å². The first-order valence-electron chi connectivity index (χ1n) is 12.5. The molecule has 8 nitrogen and oxygen atoms in total. The molecule has 0 spiro atoms. The molecule has 0 radical (unpaired) electrons. The van der Waals surface area contributed by atoms with Gasteiger partial charge in [0.25, 0.3) is 0 Å². The molecule has 208 valence electrons. The quantitative estimate of drug-likeness (QED) is 0.328. The maximum Gasteiger partial charge on any atom is 0.244 e. The summed E-state index contributed by atoms with van der Waals surface area (Å²) >= 11 is 3.43. The number of carbonyl (C=O) groups is 2. The first kappa shape index (κ1) is 30.2. The van der Waals surface area contributed by atoms with Crippen LogP contribution in [0.15, 0.2) is 77.3 Å². The number of likely N-dealkylation sites (N-methyl/N-ethyl adjacent to an activating group) is 1. The second kappa shape index (κ2) is 13.6. The van der Waals surface area contributed by atoms with E-state index >= 15 is 0 Å². The fourth-order valence-corrected chi connectivity index (χ4v) is 5.33. The number of hydrogen-bond acceptors (Lipinski definition) is 5. The van der Waals surface area contributed by atoms with Crippen LogP contribution in [0.4, 0.5) is 5.69 Å². The first-order valence-corrected chi connectivity index (χ1v) is 15.2. The summed E-state index contributed by atoms with van der Waals surface area (Å²) in [7, 11) is -2.44. The Bertz CT molecular complexity index is 1380. The summed E-state index contributed by atoms with van der Waals surface area (Å²) in [5.41, 5.74) is 2.74. The number of hydrogen-bond donors (Lipinski definition) is 1. The number of ether oxygens (including phenoxy) is 1. The van der Waals surface area contributed by atoms with Crippen LogP contribution in [0.3, 0.4) is 0 Å². The average Bonchev–Trinajstić information content (AvgIpc) is 2.90. The largest absolute Gasteiger partial charge is 0.495 e. The van der Waals surface area contributed by atoms with Gasteiger partial charge in [0.1, 0.15) is 18.3 Å². The zero-order valence-corrected chi connectivity index (χ0v) is 25.0. The Kier molecular flexibility index (Phi) is 10.5.